The van der Waals surface area contributed by atoms with Gasteiger partial charge in [0.05, 0.1) is 6.04 Å². The number of hydrogen-bond donors (Lipinski definition) is 3. The van der Waals surface area contributed by atoms with Gasteiger partial charge >= 0.3 is 5.97 Å². The quantitative estimate of drug-likeness (QED) is 0.514. The Kier molecular flexibility index (Phi) is 4.99. The summed E-state index contributed by atoms with van der Waals surface area (Å²) < 4.78 is 0. The SMILES string of the molecule is CC(=O)NC(CNC1CCC(=O)N(C)C1=O)C(=O)O. The van der Waals surface area contributed by atoms with E-state index in [9.17, 15) is 19.2 Å². The number of rotatable bonds is 5. The summed E-state index contributed by atoms with van der Waals surface area (Å²) in [6.45, 7) is 1.14. The van der Waals surface area contributed by atoms with Gasteiger partial charge in [-0.15, -0.1) is 0 Å². The third kappa shape index (κ3) is 4.02. The summed E-state index contributed by atoms with van der Waals surface area (Å²) in [7, 11) is 1.39. The summed E-state index contributed by atoms with van der Waals surface area (Å²) in [4.78, 5) is 45.8. The zero-order chi connectivity index (χ0) is 14.6. The predicted molar refractivity (Wildman–Crippen MR) is 64.0 cm³/mol. The maximum Gasteiger partial charge on any atom is 0.327 e. The average molecular weight is 271 g/mol. The van der Waals surface area contributed by atoms with Crippen molar-refractivity contribution in [1.82, 2.24) is 15.5 Å². The third-order valence-electron chi connectivity index (χ3n) is 2.89. The lowest BCUT2D eigenvalue weighted by molar-refractivity contribution is -0.148. The van der Waals surface area contributed by atoms with Crippen molar-refractivity contribution in [2.24, 2.45) is 0 Å². The largest absolute Gasteiger partial charge is 0.480 e. The number of likely N-dealkylation sites (N-methyl/N-ethyl adjacent to an activating group) is 1. The fourth-order valence-electron chi connectivity index (χ4n) is 1.81. The Morgan fingerprint density at radius 3 is 2.63 bits per heavy atom. The van der Waals surface area contributed by atoms with Crippen molar-refractivity contribution in [3.63, 3.8) is 0 Å². The molecule has 1 saturated heterocycles. The molecule has 1 aliphatic rings. The molecule has 2 atom stereocenters. The van der Waals surface area contributed by atoms with Crippen molar-refractivity contribution in [2.45, 2.75) is 31.8 Å². The van der Waals surface area contributed by atoms with E-state index in [1.165, 1.54) is 14.0 Å². The zero-order valence-electron chi connectivity index (χ0n) is 10.8. The van der Waals surface area contributed by atoms with Gasteiger partial charge in [-0.05, 0) is 6.42 Å². The number of carbonyl (C=O) groups excluding carboxylic acids is 3. The monoisotopic (exact) mass is 271 g/mol. The summed E-state index contributed by atoms with van der Waals surface area (Å²) in [5, 5.41) is 13.9. The van der Waals surface area contributed by atoms with Crippen molar-refractivity contribution in [2.75, 3.05) is 13.6 Å². The number of carboxylic acid groups (broad SMARTS) is 1. The fraction of sp³-hybridized carbons (Fsp3) is 0.636. The molecule has 0 aromatic heterocycles. The van der Waals surface area contributed by atoms with Crippen molar-refractivity contribution in [3.8, 4) is 0 Å². The number of aliphatic carboxylic acids is 1. The van der Waals surface area contributed by atoms with Gasteiger partial charge in [0.1, 0.15) is 6.04 Å². The standard InChI is InChI=1S/C11H17N3O5/c1-6(15)13-8(11(18)19)5-12-7-3-4-9(16)14(2)10(7)17/h7-8,12H,3-5H2,1-2H3,(H,13,15)(H,18,19). The normalized spacial score (nSPS) is 21.2. The predicted octanol–water partition coefficient (Wildman–Crippen LogP) is -1.69. The number of nitrogens with one attached hydrogen (secondary N) is 2. The van der Waals surface area contributed by atoms with E-state index >= 15 is 0 Å². The van der Waals surface area contributed by atoms with Crippen LogP contribution >= 0.6 is 0 Å². The molecule has 19 heavy (non-hydrogen) atoms. The molecule has 0 aromatic rings. The van der Waals surface area contributed by atoms with E-state index in [0.29, 0.717) is 6.42 Å². The number of carbonyl (C=O) groups is 4. The second-order valence-corrected chi connectivity index (χ2v) is 4.38. The molecule has 0 aromatic carbocycles. The van der Waals surface area contributed by atoms with E-state index in [1.807, 2.05) is 0 Å². The number of likely N-dealkylation sites (tertiary alicyclic amines) is 1. The van der Waals surface area contributed by atoms with E-state index in [-0.39, 0.29) is 24.8 Å². The Labute approximate surface area is 110 Å². The van der Waals surface area contributed by atoms with Crippen LogP contribution in [0.1, 0.15) is 19.8 Å². The van der Waals surface area contributed by atoms with E-state index in [0.717, 1.165) is 4.90 Å². The molecule has 0 saturated carbocycles. The van der Waals surface area contributed by atoms with Gasteiger partial charge in [-0.1, -0.05) is 0 Å². The maximum atomic E-state index is 11.7. The number of carboxylic acids is 1. The van der Waals surface area contributed by atoms with Gasteiger partial charge < -0.3 is 15.7 Å². The zero-order valence-corrected chi connectivity index (χ0v) is 10.8. The Morgan fingerprint density at radius 2 is 2.11 bits per heavy atom. The minimum absolute atomic E-state index is 0.0760. The summed E-state index contributed by atoms with van der Waals surface area (Å²) in [5.41, 5.74) is 0. The molecule has 8 heteroatoms. The number of nitrogens with zero attached hydrogens (tertiary/aromatic N) is 1. The van der Waals surface area contributed by atoms with Crippen LogP contribution in [0, 0.1) is 0 Å². The Bertz CT molecular complexity index is 409. The fourth-order valence-corrected chi connectivity index (χ4v) is 1.81. The molecule has 0 radical (unpaired) electrons. The highest BCUT2D eigenvalue weighted by Crippen LogP contribution is 2.11. The number of hydrogen-bond acceptors (Lipinski definition) is 5. The number of amides is 3. The molecule has 0 spiro atoms. The van der Waals surface area contributed by atoms with Crippen molar-refractivity contribution in [1.29, 1.82) is 0 Å². The Balaban J connectivity index is 2.55. The molecule has 1 fully saturated rings. The van der Waals surface area contributed by atoms with Crippen LogP contribution in [0.5, 0.6) is 0 Å². The van der Waals surface area contributed by atoms with Crippen LogP contribution in [-0.4, -0.2) is 59.4 Å². The van der Waals surface area contributed by atoms with Crippen LogP contribution in [0.3, 0.4) is 0 Å². The highest BCUT2D eigenvalue weighted by molar-refractivity contribution is 6.00. The number of piperidine rings is 1. The highest BCUT2D eigenvalue weighted by atomic mass is 16.4. The summed E-state index contributed by atoms with van der Waals surface area (Å²) in [6.07, 6.45) is 0.562. The molecule has 1 rings (SSSR count). The van der Waals surface area contributed by atoms with Gasteiger partial charge in [0.15, 0.2) is 0 Å². The van der Waals surface area contributed by atoms with Gasteiger partial charge in [-0.3, -0.25) is 19.3 Å². The maximum absolute atomic E-state index is 11.7. The van der Waals surface area contributed by atoms with E-state index < -0.39 is 24.0 Å². The van der Waals surface area contributed by atoms with E-state index in [2.05, 4.69) is 10.6 Å². The molecule has 8 nitrogen and oxygen atoms in total. The van der Waals surface area contributed by atoms with Crippen molar-refractivity contribution < 1.29 is 24.3 Å². The lowest BCUT2D eigenvalue weighted by Gasteiger charge is -2.29. The van der Waals surface area contributed by atoms with Crippen LogP contribution in [-0.2, 0) is 19.2 Å². The molecule has 1 heterocycles. The van der Waals surface area contributed by atoms with E-state index in [1.54, 1.807) is 0 Å². The van der Waals surface area contributed by atoms with Gasteiger partial charge in [-0.2, -0.15) is 0 Å². The lowest BCUT2D eigenvalue weighted by atomic mass is 10.0. The molecule has 1 aliphatic heterocycles. The highest BCUT2D eigenvalue weighted by Gasteiger charge is 2.32. The van der Waals surface area contributed by atoms with Crippen LogP contribution in [0.15, 0.2) is 0 Å². The minimum Gasteiger partial charge on any atom is -0.480 e. The summed E-state index contributed by atoms with van der Waals surface area (Å²) in [6, 6.07) is -1.70. The lowest BCUT2D eigenvalue weighted by Crippen LogP contribution is -2.55. The molecule has 3 amide bonds. The van der Waals surface area contributed by atoms with E-state index in [4.69, 9.17) is 5.11 Å². The first-order valence-electron chi connectivity index (χ1n) is 5.86. The molecular formula is C11H17N3O5. The topological polar surface area (TPSA) is 116 Å². The Morgan fingerprint density at radius 1 is 1.47 bits per heavy atom. The molecule has 0 bridgehead atoms. The van der Waals surface area contributed by atoms with Gasteiger partial charge in [0, 0.05) is 26.9 Å². The van der Waals surface area contributed by atoms with Crippen LogP contribution in [0.4, 0.5) is 0 Å². The van der Waals surface area contributed by atoms with Crippen molar-refractivity contribution >= 4 is 23.7 Å². The minimum atomic E-state index is -1.18. The van der Waals surface area contributed by atoms with Gasteiger partial charge in [0.2, 0.25) is 17.7 Å². The number of imide groups is 1. The summed E-state index contributed by atoms with van der Waals surface area (Å²) in [5.74, 6) is -2.28. The smallest absolute Gasteiger partial charge is 0.327 e. The van der Waals surface area contributed by atoms with Crippen molar-refractivity contribution in [3.05, 3.63) is 0 Å². The van der Waals surface area contributed by atoms with Gasteiger partial charge in [-0.25, -0.2) is 4.79 Å². The third-order valence-corrected chi connectivity index (χ3v) is 2.89. The molecule has 106 valence electrons. The first kappa shape index (κ1) is 15.1. The second-order valence-electron chi connectivity index (χ2n) is 4.38. The molecule has 2 unspecified atom stereocenters. The first-order valence-corrected chi connectivity index (χ1v) is 5.86. The van der Waals surface area contributed by atoms with Crippen LogP contribution in [0.25, 0.3) is 0 Å². The molecule has 0 aliphatic carbocycles. The van der Waals surface area contributed by atoms with Crippen LogP contribution < -0.4 is 10.6 Å². The molecular weight excluding hydrogens is 254 g/mol. The van der Waals surface area contributed by atoms with Gasteiger partial charge in [0.25, 0.3) is 0 Å². The summed E-state index contributed by atoms with van der Waals surface area (Å²) >= 11 is 0. The van der Waals surface area contributed by atoms with Crippen LogP contribution in [0.2, 0.25) is 0 Å². The Hall–Kier alpha value is -1.96. The second kappa shape index (κ2) is 6.28. The average Bonchev–Trinajstić information content (AvgIpc) is 2.33. The first-order chi connectivity index (χ1) is 8.82. The molecule has 3 N–H and O–H groups in total.